The van der Waals surface area contributed by atoms with E-state index in [0.717, 1.165) is 30.9 Å². The van der Waals surface area contributed by atoms with Gasteiger partial charge in [-0.25, -0.2) is 14.4 Å². The second-order valence-electron chi connectivity index (χ2n) is 8.76. The minimum atomic E-state index is -0.408. The molecule has 1 amide bonds. The zero-order valence-corrected chi connectivity index (χ0v) is 20.1. The molecule has 6 rings (SSSR count). The third-order valence-electron chi connectivity index (χ3n) is 6.42. The van der Waals surface area contributed by atoms with Crippen molar-refractivity contribution in [2.24, 2.45) is 0 Å². The number of rotatable bonds is 5. The Balaban J connectivity index is 1.25. The van der Waals surface area contributed by atoms with E-state index in [1.54, 1.807) is 25.4 Å². The number of aromatic amines is 1. The predicted octanol–water partition coefficient (Wildman–Crippen LogP) is 5.15. The number of methoxy groups -OCH3 is 1. The fourth-order valence-electron chi connectivity index (χ4n) is 4.63. The zero-order valence-electron chi connectivity index (χ0n) is 19.3. The number of nitrogens with one attached hydrogen (secondary N) is 2. The maximum atomic E-state index is 13.8. The lowest BCUT2D eigenvalue weighted by Crippen LogP contribution is -2.24. The van der Waals surface area contributed by atoms with Crippen LogP contribution < -0.4 is 10.2 Å². The van der Waals surface area contributed by atoms with Crippen molar-refractivity contribution in [2.75, 3.05) is 30.4 Å². The number of benzene rings is 2. The number of fused-ring (bicyclic) bond motifs is 2. The first-order valence-corrected chi connectivity index (χ1v) is 11.9. The molecule has 1 aliphatic rings. The summed E-state index contributed by atoms with van der Waals surface area (Å²) >= 11 is 6.00. The third kappa shape index (κ3) is 4.16. The van der Waals surface area contributed by atoms with Crippen LogP contribution in [0.5, 0.6) is 0 Å². The van der Waals surface area contributed by atoms with Gasteiger partial charge in [-0.2, -0.15) is 0 Å². The van der Waals surface area contributed by atoms with Crippen LogP contribution in [0.2, 0.25) is 5.02 Å². The van der Waals surface area contributed by atoms with E-state index in [0.29, 0.717) is 33.2 Å². The van der Waals surface area contributed by atoms with Crippen LogP contribution in [0, 0.1) is 5.82 Å². The highest BCUT2D eigenvalue weighted by atomic mass is 35.5. The van der Waals surface area contributed by atoms with Crippen molar-refractivity contribution < 1.29 is 13.9 Å². The lowest BCUT2D eigenvalue weighted by atomic mass is 10.1. The number of halogens is 2. The van der Waals surface area contributed by atoms with Gasteiger partial charge in [-0.3, -0.25) is 14.5 Å². The van der Waals surface area contributed by atoms with Crippen LogP contribution in [0.15, 0.2) is 60.8 Å². The molecule has 5 aromatic rings. The molecule has 0 bridgehead atoms. The first-order chi connectivity index (χ1) is 17.5. The minimum absolute atomic E-state index is 0.193. The molecule has 182 valence electrons. The summed E-state index contributed by atoms with van der Waals surface area (Å²) in [6, 6.07) is 15.7. The molecule has 0 saturated carbocycles. The average molecular weight is 505 g/mol. The highest BCUT2D eigenvalue weighted by Gasteiger charge is 2.24. The van der Waals surface area contributed by atoms with Gasteiger partial charge in [-0.1, -0.05) is 23.7 Å². The molecule has 1 aliphatic heterocycles. The SMILES string of the molecule is CO[C@H]1CCN(c2cccc3nc(C(=O)Nc4nc5ccc(-c6cc(F)cc(Cl)c6)cc5[nH]4)cn23)C1. The molecule has 0 radical (unpaired) electrons. The van der Waals surface area contributed by atoms with Crippen molar-refractivity contribution in [3.05, 3.63) is 77.3 Å². The lowest BCUT2D eigenvalue weighted by Gasteiger charge is -2.19. The monoisotopic (exact) mass is 504 g/mol. The van der Waals surface area contributed by atoms with E-state index in [-0.39, 0.29) is 17.7 Å². The van der Waals surface area contributed by atoms with Gasteiger partial charge >= 0.3 is 0 Å². The van der Waals surface area contributed by atoms with E-state index < -0.39 is 5.82 Å². The number of aromatic nitrogens is 4. The summed E-state index contributed by atoms with van der Waals surface area (Å²) in [6.45, 7) is 1.66. The number of hydrogen-bond donors (Lipinski definition) is 2. The van der Waals surface area contributed by atoms with Crippen LogP contribution in [-0.4, -0.2) is 51.6 Å². The summed E-state index contributed by atoms with van der Waals surface area (Å²) in [5.74, 6) is 0.475. The maximum Gasteiger partial charge on any atom is 0.278 e. The molecule has 1 atom stereocenters. The Kier molecular flexibility index (Phi) is 5.58. The van der Waals surface area contributed by atoms with Crippen LogP contribution in [0.25, 0.3) is 27.8 Å². The van der Waals surface area contributed by atoms with E-state index in [2.05, 4.69) is 25.2 Å². The van der Waals surface area contributed by atoms with E-state index in [1.807, 2.05) is 34.7 Å². The average Bonchev–Trinajstić information content (AvgIpc) is 3.59. The molecule has 36 heavy (non-hydrogen) atoms. The molecule has 2 N–H and O–H groups in total. The van der Waals surface area contributed by atoms with Gasteiger partial charge in [0.25, 0.3) is 5.91 Å². The normalized spacial score (nSPS) is 15.8. The lowest BCUT2D eigenvalue weighted by molar-refractivity contribution is 0.102. The molecular weight excluding hydrogens is 483 g/mol. The number of carbonyl (C=O) groups excluding carboxylic acids is 1. The van der Waals surface area contributed by atoms with Crippen LogP contribution >= 0.6 is 11.6 Å². The van der Waals surface area contributed by atoms with Gasteiger partial charge in [0, 0.05) is 31.4 Å². The minimum Gasteiger partial charge on any atom is -0.380 e. The highest BCUT2D eigenvalue weighted by molar-refractivity contribution is 6.30. The van der Waals surface area contributed by atoms with E-state index in [9.17, 15) is 9.18 Å². The molecule has 3 aromatic heterocycles. The molecule has 1 fully saturated rings. The largest absolute Gasteiger partial charge is 0.380 e. The fraction of sp³-hybridized carbons (Fsp3) is 0.192. The Morgan fingerprint density at radius 3 is 2.86 bits per heavy atom. The predicted molar refractivity (Wildman–Crippen MR) is 137 cm³/mol. The van der Waals surface area contributed by atoms with Gasteiger partial charge in [-0.15, -0.1) is 0 Å². The number of nitrogens with zero attached hydrogens (tertiary/aromatic N) is 4. The molecule has 2 aromatic carbocycles. The first-order valence-electron chi connectivity index (χ1n) is 11.5. The van der Waals surface area contributed by atoms with Crippen LogP contribution in [0.1, 0.15) is 16.9 Å². The van der Waals surface area contributed by atoms with Crippen molar-refractivity contribution in [3.63, 3.8) is 0 Å². The Morgan fingerprint density at radius 2 is 2.06 bits per heavy atom. The van der Waals surface area contributed by atoms with E-state index in [1.165, 1.54) is 12.1 Å². The Hall–Kier alpha value is -3.95. The van der Waals surface area contributed by atoms with Gasteiger partial charge in [0.2, 0.25) is 5.95 Å². The van der Waals surface area contributed by atoms with Crippen molar-refractivity contribution in [1.29, 1.82) is 0 Å². The number of imidazole rings is 2. The Morgan fingerprint density at radius 1 is 1.17 bits per heavy atom. The Bertz CT molecular complexity index is 1590. The molecule has 0 aliphatic carbocycles. The van der Waals surface area contributed by atoms with Crippen molar-refractivity contribution in [2.45, 2.75) is 12.5 Å². The van der Waals surface area contributed by atoms with Crippen LogP contribution in [-0.2, 0) is 4.74 Å². The molecule has 4 heterocycles. The van der Waals surface area contributed by atoms with E-state index >= 15 is 0 Å². The van der Waals surface area contributed by atoms with Gasteiger partial charge in [0.05, 0.1) is 17.1 Å². The standard InChI is InChI=1S/C26H22ClFN6O2/c1-36-19-7-8-33(13-19)24-4-2-3-23-29-22(14-34(23)24)25(35)32-26-30-20-6-5-15(11-21(20)31-26)16-9-17(27)12-18(28)10-16/h2-6,9-12,14,19H,7-8,13H2,1H3,(H2,30,31,32,35)/t19-/m0/s1. The number of pyridine rings is 1. The number of amides is 1. The maximum absolute atomic E-state index is 13.8. The van der Waals surface area contributed by atoms with Gasteiger partial charge < -0.3 is 14.6 Å². The summed E-state index contributed by atoms with van der Waals surface area (Å²) in [6.07, 6.45) is 2.88. The number of anilines is 2. The number of H-pyrrole nitrogens is 1. The topological polar surface area (TPSA) is 87.5 Å². The summed E-state index contributed by atoms with van der Waals surface area (Å²) in [5.41, 5.74) is 3.74. The fourth-order valence-corrected chi connectivity index (χ4v) is 4.85. The summed E-state index contributed by atoms with van der Waals surface area (Å²) in [5, 5.41) is 3.12. The second kappa shape index (κ2) is 8.92. The molecular formula is C26H22ClFN6O2. The van der Waals surface area contributed by atoms with Crippen LogP contribution in [0.4, 0.5) is 16.2 Å². The van der Waals surface area contributed by atoms with Crippen LogP contribution in [0.3, 0.4) is 0 Å². The van der Waals surface area contributed by atoms with E-state index in [4.69, 9.17) is 16.3 Å². The second-order valence-corrected chi connectivity index (χ2v) is 9.20. The summed E-state index contributed by atoms with van der Waals surface area (Å²) < 4.78 is 21.2. The third-order valence-corrected chi connectivity index (χ3v) is 6.63. The number of ether oxygens (including phenoxy) is 1. The molecule has 0 unspecified atom stereocenters. The molecule has 1 saturated heterocycles. The smallest absolute Gasteiger partial charge is 0.278 e. The molecule has 0 spiro atoms. The summed E-state index contributed by atoms with van der Waals surface area (Å²) in [4.78, 5) is 27.3. The first kappa shape index (κ1) is 22.5. The van der Waals surface area contributed by atoms with Crippen molar-refractivity contribution in [3.8, 4) is 11.1 Å². The molecule has 8 nitrogen and oxygen atoms in total. The van der Waals surface area contributed by atoms with Crippen molar-refractivity contribution in [1.82, 2.24) is 19.4 Å². The van der Waals surface area contributed by atoms with Gasteiger partial charge in [0.15, 0.2) is 0 Å². The zero-order chi connectivity index (χ0) is 24.8. The quantitative estimate of drug-likeness (QED) is 0.346. The molecule has 10 heteroatoms. The van der Waals surface area contributed by atoms with Gasteiger partial charge in [-0.05, 0) is 60.0 Å². The van der Waals surface area contributed by atoms with Crippen molar-refractivity contribution >= 4 is 46.0 Å². The summed E-state index contributed by atoms with van der Waals surface area (Å²) in [7, 11) is 1.73. The highest BCUT2D eigenvalue weighted by Crippen LogP contribution is 2.28. The Labute approximate surface area is 210 Å². The number of carbonyl (C=O) groups is 1. The van der Waals surface area contributed by atoms with Gasteiger partial charge in [0.1, 0.15) is 23.0 Å². The number of hydrogen-bond acceptors (Lipinski definition) is 5.